The molecule has 204 valence electrons. The molecule has 1 N–H and O–H groups in total. The number of hydrogen-bond acceptors (Lipinski definition) is 8. The molecule has 3 heterocycles. The fourth-order valence-electron chi connectivity index (χ4n) is 5.66. The van der Waals surface area contributed by atoms with Crippen LogP contribution in [0.4, 0.5) is 28.8 Å². The Morgan fingerprint density at radius 2 is 1.59 bits per heavy atom. The zero-order valence-electron chi connectivity index (χ0n) is 22.2. The van der Waals surface area contributed by atoms with Crippen LogP contribution < -0.4 is 15.1 Å². The molecular formula is C28H33N7O3S. The summed E-state index contributed by atoms with van der Waals surface area (Å²) in [5.41, 5.74) is 2.85. The van der Waals surface area contributed by atoms with E-state index in [2.05, 4.69) is 20.1 Å². The van der Waals surface area contributed by atoms with Gasteiger partial charge in [-0.25, -0.2) is 13.4 Å². The first-order valence-corrected chi connectivity index (χ1v) is 14.9. The molecule has 39 heavy (non-hydrogen) atoms. The number of hydrogen-bond donors (Lipinski definition) is 1. The maximum atomic E-state index is 13.4. The fourth-order valence-corrected chi connectivity index (χ4v) is 7.08. The van der Waals surface area contributed by atoms with Gasteiger partial charge in [-0.1, -0.05) is 25.0 Å². The van der Waals surface area contributed by atoms with Crippen molar-refractivity contribution in [2.75, 3.05) is 55.4 Å². The van der Waals surface area contributed by atoms with E-state index in [0.717, 1.165) is 44.5 Å². The standard InChI is InChI=1S/C28H33N7O3S/c1-32-15-17-34(18-16-32)39(37,38)22-13-11-20(12-14-22)30-28-29-19-25-26(31-28)35(21-7-3-4-8-21)24-10-6-5-9-23(24)27(36)33(25)2/h5-6,9-14,19,21H,3-4,7-8,15-18H2,1-2H3,(H,29,30,31). The zero-order chi connectivity index (χ0) is 27.1. The Labute approximate surface area is 229 Å². The topological polar surface area (TPSA) is 102 Å². The average molecular weight is 548 g/mol. The van der Waals surface area contributed by atoms with Crippen LogP contribution in [-0.4, -0.2) is 79.8 Å². The number of aromatic nitrogens is 2. The van der Waals surface area contributed by atoms with Gasteiger partial charge in [-0.15, -0.1) is 0 Å². The number of para-hydroxylation sites is 1. The lowest BCUT2D eigenvalue weighted by Crippen LogP contribution is -2.46. The van der Waals surface area contributed by atoms with Gasteiger partial charge < -0.3 is 20.0 Å². The van der Waals surface area contributed by atoms with Crippen LogP contribution in [-0.2, 0) is 10.0 Å². The third-order valence-electron chi connectivity index (χ3n) is 7.94. The summed E-state index contributed by atoms with van der Waals surface area (Å²) in [6, 6.07) is 14.6. The lowest BCUT2D eigenvalue weighted by Gasteiger charge is -2.31. The SMILES string of the molecule is CN1CCN(S(=O)(=O)c2ccc(Nc3ncc4c(n3)N(C3CCCC3)c3ccccc3C(=O)N4C)cc2)CC1. The van der Waals surface area contributed by atoms with Crippen molar-refractivity contribution in [3.05, 3.63) is 60.3 Å². The van der Waals surface area contributed by atoms with Gasteiger partial charge in [0.1, 0.15) is 5.69 Å². The number of likely N-dealkylation sites (N-methyl/N-ethyl adjacent to an activating group) is 1. The van der Waals surface area contributed by atoms with E-state index in [1.165, 1.54) is 4.31 Å². The van der Waals surface area contributed by atoms with E-state index in [0.29, 0.717) is 41.8 Å². The van der Waals surface area contributed by atoms with Gasteiger partial charge >= 0.3 is 0 Å². The van der Waals surface area contributed by atoms with Crippen molar-refractivity contribution in [1.82, 2.24) is 19.2 Å². The minimum atomic E-state index is -3.54. The molecule has 0 spiro atoms. The van der Waals surface area contributed by atoms with Crippen LogP contribution in [0.25, 0.3) is 0 Å². The van der Waals surface area contributed by atoms with Crippen molar-refractivity contribution in [1.29, 1.82) is 0 Å². The Kier molecular flexibility index (Phi) is 6.74. The Balaban J connectivity index is 1.31. The van der Waals surface area contributed by atoms with E-state index in [1.54, 1.807) is 42.4 Å². The van der Waals surface area contributed by atoms with Crippen LogP contribution in [0.3, 0.4) is 0 Å². The molecule has 0 unspecified atom stereocenters. The third-order valence-corrected chi connectivity index (χ3v) is 9.85. The van der Waals surface area contributed by atoms with Crippen LogP contribution in [0, 0.1) is 0 Å². The first kappa shape index (κ1) is 25.7. The number of piperazine rings is 1. The highest BCUT2D eigenvalue weighted by Crippen LogP contribution is 2.43. The maximum absolute atomic E-state index is 13.4. The number of nitrogens with one attached hydrogen (secondary N) is 1. The molecule has 3 aliphatic rings. The molecule has 1 saturated heterocycles. The maximum Gasteiger partial charge on any atom is 0.260 e. The van der Waals surface area contributed by atoms with Crippen molar-refractivity contribution in [3.63, 3.8) is 0 Å². The van der Waals surface area contributed by atoms with Gasteiger partial charge in [0.05, 0.1) is 22.3 Å². The molecule has 11 heteroatoms. The van der Waals surface area contributed by atoms with Crippen LogP contribution >= 0.6 is 0 Å². The van der Waals surface area contributed by atoms with E-state index in [-0.39, 0.29) is 16.8 Å². The summed E-state index contributed by atoms with van der Waals surface area (Å²) in [4.78, 5) is 29.0. The van der Waals surface area contributed by atoms with E-state index in [1.807, 2.05) is 31.3 Å². The number of benzene rings is 2. The first-order valence-electron chi connectivity index (χ1n) is 13.4. The molecule has 2 aliphatic heterocycles. The molecule has 1 amide bonds. The van der Waals surface area contributed by atoms with Gasteiger partial charge in [-0.3, -0.25) is 4.79 Å². The van der Waals surface area contributed by atoms with Crippen LogP contribution in [0.2, 0.25) is 0 Å². The lowest BCUT2D eigenvalue weighted by molar-refractivity contribution is 0.0994. The van der Waals surface area contributed by atoms with Crippen molar-refractivity contribution in [2.24, 2.45) is 0 Å². The van der Waals surface area contributed by atoms with E-state index in [9.17, 15) is 13.2 Å². The van der Waals surface area contributed by atoms with Gasteiger partial charge in [0.25, 0.3) is 5.91 Å². The summed E-state index contributed by atoms with van der Waals surface area (Å²) in [5.74, 6) is 0.981. The second kappa shape index (κ2) is 10.2. The lowest BCUT2D eigenvalue weighted by atomic mass is 10.1. The molecule has 1 aliphatic carbocycles. The van der Waals surface area contributed by atoms with E-state index >= 15 is 0 Å². The summed E-state index contributed by atoms with van der Waals surface area (Å²) >= 11 is 0. The van der Waals surface area contributed by atoms with Crippen LogP contribution in [0.15, 0.2) is 59.6 Å². The molecule has 0 atom stereocenters. The number of carbonyl (C=O) groups excluding carboxylic acids is 1. The van der Waals surface area contributed by atoms with E-state index in [4.69, 9.17) is 4.98 Å². The molecule has 0 bridgehead atoms. The highest BCUT2D eigenvalue weighted by atomic mass is 32.2. The Hall–Kier alpha value is -3.54. The van der Waals surface area contributed by atoms with Crippen LogP contribution in [0.5, 0.6) is 0 Å². The smallest absolute Gasteiger partial charge is 0.260 e. The summed E-state index contributed by atoms with van der Waals surface area (Å²) < 4.78 is 27.7. The molecular weight excluding hydrogens is 514 g/mol. The first-order chi connectivity index (χ1) is 18.8. The van der Waals surface area contributed by atoms with Crippen molar-refractivity contribution >= 4 is 44.8 Å². The Morgan fingerprint density at radius 3 is 2.31 bits per heavy atom. The summed E-state index contributed by atoms with van der Waals surface area (Å²) in [6.45, 7) is 2.41. The van der Waals surface area contributed by atoms with E-state index < -0.39 is 10.0 Å². The molecule has 10 nitrogen and oxygen atoms in total. The molecule has 2 fully saturated rings. The minimum absolute atomic E-state index is 0.0891. The number of nitrogens with zero attached hydrogens (tertiary/aromatic N) is 6. The number of rotatable bonds is 5. The van der Waals surface area contributed by atoms with Gasteiger partial charge in [-0.2, -0.15) is 9.29 Å². The van der Waals surface area contributed by atoms with Crippen molar-refractivity contribution in [3.8, 4) is 0 Å². The van der Waals surface area contributed by atoms with Gasteiger partial charge in [0.15, 0.2) is 5.82 Å². The number of amides is 1. The predicted octanol–water partition coefficient (Wildman–Crippen LogP) is 3.83. The second-order valence-corrected chi connectivity index (χ2v) is 12.4. The third kappa shape index (κ3) is 4.75. The monoisotopic (exact) mass is 547 g/mol. The Bertz CT molecular complexity index is 1480. The number of anilines is 5. The van der Waals surface area contributed by atoms with Crippen LogP contribution in [0.1, 0.15) is 36.0 Å². The average Bonchev–Trinajstić information content (AvgIpc) is 3.45. The Morgan fingerprint density at radius 1 is 0.897 bits per heavy atom. The van der Waals surface area contributed by atoms with Gasteiger partial charge in [0.2, 0.25) is 16.0 Å². The molecule has 0 radical (unpaired) electrons. The highest BCUT2D eigenvalue weighted by Gasteiger charge is 2.35. The quantitative estimate of drug-likeness (QED) is 0.514. The predicted molar refractivity (Wildman–Crippen MR) is 152 cm³/mol. The minimum Gasteiger partial charge on any atom is -0.324 e. The molecule has 3 aromatic rings. The molecule has 1 saturated carbocycles. The summed E-state index contributed by atoms with van der Waals surface area (Å²) in [5, 5.41) is 3.23. The zero-order valence-corrected chi connectivity index (χ0v) is 23.1. The normalized spacial score (nSPS) is 19.1. The number of fused-ring (bicyclic) bond motifs is 2. The van der Waals surface area contributed by atoms with Gasteiger partial charge in [0, 0.05) is 45.0 Å². The molecule has 6 rings (SSSR count). The van der Waals surface area contributed by atoms with Crippen molar-refractivity contribution in [2.45, 2.75) is 36.6 Å². The molecule has 2 aromatic carbocycles. The molecule has 1 aromatic heterocycles. The summed E-state index contributed by atoms with van der Waals surface area (Å²) in [7, 11) is 0.208. The van der Waals surface area contributed by atoms with Crippen molar-refractivity contribution < 1.29 is 13.2 Å². The summed E-state index contributed by atoms with van der Waals surface area (Å²) in [6.07, 6.45) is 6.02. The largest absolute Gasteiger partial charge is 0.324 e. The number of carbonyl (C=O) groups is 1. The fraction of sp³-hybridized carbons (Fsp3) is 0.393. The second-order valence-electron chi connectivity index (χ2n) is 10.4. The van der Waals surface area contributed by atoms with Gasteiger partial charge in [-0.05, 0) is 56.3 Å². The highest BCUT2D eigenvalue weighted by molar-refractivity contribution is 7.89. The number of sulfonamides is 1.